The second-order valence-corrected chi connectivity index (χ2v) is 7.89. The number of para-hydroxylation sites is 1. The third kappa shape index (κ3) is 6.44. The third-order valence-corrected chi connectivity index (χ3v) is 5.92. The number of nitrogens with zero attached hydrogens (tertiary/aromatic N) is 2. The summed E-state index contributed by atoms with van der Waals surface area (Å²) in [6.45, 7) is 10.5. The summed E-state index contributed by atoms with van der Waals surface area (Å²) >= 11 is 1.98. The fourth-order valence-electron chi connectivity index (χ4n) is 2.90. The van der Waals surface area contributed by atoms with Crippen LogP contribution in [0.3, 0.4) is 0 Å². The van der Waals surface area contributed by atoms with Crippen molar-refractivity contribution in [1.29, 1.82) is 0 Å². The molecule has 25 heavy (non-hydrogen) atoms. The number of piperazine rings is 1. The van der Waals surface area contributed by atoms with Crippen molar-refractivity contribution in [1.82, 2.24) is 10.2 Å². The van der Waals surface area contributed by atoms with E-state index in [4.69, 9.17) is 0 Å². The Morgan fingerprint density at radius 1 is 1.28 bits per heavy atom. The summed E-state index contributed by atoms with van der Waals surface area (Å²) in [6.07, 6.45) is 1.79. The maximum absolute atomic E-state index is 11.0. The Bertz CT molecular complexity index is 533. The van der Waals surface area contributed by atoms with E-state index in [9.17, 15) is 4.79 Å². The van der Waals surface area contributed by atoms with Gasteiger partial charge in [0.15, 0.2) is 0 Å². The number of hydrogen-bond donors (Lipinski definition) is 1. The summed E-state index contributed by atoms with van der Waals surface area (Å²) < 4.78 is 4.58. The molecule has 0 aliphatic carbocycles. The zero-order chi connectivity index (χ0) is 18.1. The number of carbonyl (C=O) groups excluding carboxylic acids is 1. The topological polar surface area (TPSA) is 44.8 Å². The van der Waals surface area contributed by atoms with Crippen LogP contribution in [0.5, 0.6) is 0 Å². The molecule has 1 fully saturated rings. The Labute approximate surface area is 156 Å². The molecule has 1 aliphatic rings. The van der Waals surface area contributed by atoms with E-state index in [-0.39, 0.29) is 6.09 Å². The number of carbonyl (C=O) groups is 1. The first kappa shape index (κ1) is 19.9. The number of rotatable bonds is 8. The van der Waals surface area contributed by atoms with E-state index in [2.05, 4.69) is 58.0 Å². The van der Waals surface area contributed by atoms with E-state index in [1.807, 2.05) is 11.8 Å². The molecule has 0 radical (unpaired) electrons. The molecule has 2 rings (SSSR count). The maximum atomic E-state index is 11.0. The Morgan fingerprint density at radius 2 is 2.00 bits per heavy atom. The highest BCUT2D eigenvalue weighted by Gasteiger charge is 2.19. The number of amides is 1. The first-order chi connectivity index (χ1) is 12.1. The molecule has 1 amide bonds. The van der Waals surface area contributed by atoms with E-state index < -0.39 is 0 Å². The predicted molar refractivity (Wildman–Crippen MR) is 106 cm³/mol. The average Bonchev–Trinajstić information content (AvgIpc) is 2.66. The number of methoxy groups -OCH3 is 1. The molecular formula is C19H31N3O2S. The van der Waals surface area contributed by atoms with Crippen LogP contribution in [-0.4, -0.2) is 62.6 Å². The van der Waals surface area contributed by atoms with E-state index in [0.717, 1.165) is 39.1 Å². The molecule has 0 saturated carbocycles. The van der Waals surface area contributed by atoms with Crippen molar-refractivity contribution in [2.75, 3.05) is 51.3 Å². The fraction of sp³-hybridized carbons (Fsp3) is 0.632. The first-order valence-corrected chi connectivity index (χ1v) is 10.1. The summed E-state index contributed by atoms with van der Waals surface area (Å²) in [7, 11) is 1.39. The molecule has 140 valence electrons. The summed E-state index contributed by atoms with van der Waals surface area (Å²) in [5, 5.41) is 3.38. The van der Waals surface area contributed by atoms with Gasteiger partial charge in [-0.1, -0.05) is 26.0 Å². The number of thioether (sulfide) groups is 1. The summed E-state index contributed by atoms with van der Waals surface area (Å²) in [5.74, 6) is 0. The van der Waals surface area contributed by atoms with Crippen LogP contribution in [0, 0.1) is 0 Å². The second-order valence-electron chi connectivity index (χ2n) is 6.41. The van der Waals surface area contributed by atoms with E-state index in [0.29, 0.717) is 11.8 Å². The quantitative estimate of drug-likeness (QED) is 0.565. The molecular weight excluding hydrogens is 334 g/mol. The average molecular weight is 366 g/mol. The Morgan fingerprint density at radius 3 is 2.68 bits per heavy atom. The fourth-order valence-corrected chi connectivity index (χ4v) is 3.97. The van der Waals surface area contributed by atoms with Crippen molar-refractivity contribution in [3.8, 4) is 0 Å². The van der Waals surface area contributed by atoms with Crippen LogP contribution in [-0.2, 0) is 4.74 Å². The molecule has 0 spiro atoms. The van der Waals surface area contributed by atoms with E-state index in [1.54, 1.807) is 0 Å². The SMILES string of the molecule is CC[C@@H](C)Sc1ccccc1N1CCN(CCCNC(=O)OC)CC1. The van der Waals surface area contributed by atoms with Crippen molar-refractivity contribution in [3.05, 3.63) is 24.3 Å². The van der Waals surface area contributed by atoms with E-state index >= 15 is 0 Å². The summed E-state index contributed by atoms with van der Waals surface area (Å²) in [6, 6.07) is 8.78. The lowest BCUT2D eigenvalue weighted by Crippen LogP contribution is -2.47. The smallest absolute Gasteiger partial charge is 0.406 e. The number of benzene rings is 1. The predicted octanol–water partition coefficient (Wildman–Crippen LogP) is 3.45. The van der Waals surface area contributed by atoms with Gasteiger partial charge in [-0.05, 0) is 31.5 Å². The van der Waals surface area contributed by atoms with Crippen molar-refractivity contribution in [2.45, 2.75) is 36.8 Å². The van der Waals surface area contributed by atoms with Crippen LogP contribution in [0.2, 0.25) is 0 Å². The molecule has 5 nitrogen and oxygen atoms in total. The van der Waals surface area contributed by atoms with Gasteiger partial charge in [-0.3, -0.25) is 4.90 Å². The summed E-state index contributed by atoms with van der Waals surface area (Å²) in [4.78, 5) is 17.4. The zero-order valence-electron chi connectivity index (χ0n) is 15.7. The molecule has 6 heteroatoms. The highest BCUT2D eigenvalue weighted by Crippen LogP contribution is 2.34. The molecule has 1 aromatic rings. The van der Waals surface area contributed by atoms with Gasteiger partial charge >= 0.3 is 6.09 Å². The lowest BCUT2D eigenvalue weighted by atomic mass is 10.2. The molecule has 1 aliphatic heterocycles. The van der Waals surface area contributed by atoms with Gasteiger partial charge in [0, 0.05) is 42.9 Å². The molecule has 0 unspecified atom stereocenters. The van der Waals surface area contributed by atoms with E-state index in [1.165, 1.54) is 24.1 Å². The maximum Gasteiger partial charge on any atom is 0.406 e. The number of alkyl carbamates (subject to hydrolysis) is 1. The van der Waals surface area contributed by atoms with Crippen LogP contribution in [0.1, 0.15) is 26.7 Å². The lowest BCUT2D eigenvalue weighted by Gasteiger charge is -2.37. The number of ether oxygens (including phenoxy) is 1. The monoisotopic (exact) mass is 365 g/mol. The van der Waals surface area contributed by atoms with Gasteiger partial charge in [-0.25, -0.2) is 4.79 Å². The minimum absolute atomic E-state index is 0.347. The van der Waals surface area contributed by atoms with Crippen LogP contribution in [0.15, 0.2) is 29.2 Å². The molecule has 1 N–H and O–H groups in total. The van der Waals surface area contributed by atoms with Crippen molar-refractivity contribution in [3.63, 3.8) is 0 Å². The Kier molecular flexibility index (Phi) is 8.41. The largest absolute Gasteiger partial charge is 0.453 e. The van der Waals surface area contributed by atoms with Crippen molar-refractivity contribution < 1.29 is 9.53 Å². The highest BCUT2D eigenvalue weighted by atomic mass is 32.2. The molecule has 1 saturated heterocycles. The minimum atomic E-state index is -0.347. The number of hydrogen-bond acceptors (Lipinski definition) is 5. The van der Waals surface area contributed by atoms with Crippen LogP contribution >= 0.6 is 11.8 Å². The zero-order valence-corrected chi connectivity index (χ0v) is 16.5. The minimum Gasteiger partial charge on any atom is -0.453 e. The van der Waals surface area contributed by atoms with Crippen LogP contribution < -0.4 is 10.2 Å². The Hall–Kier alpha value is -1.40. The highest BCUT2D eigenvalue weighted by molar-refractivity contribution is 8.00. The number of nitrogens with one attached hydrogen (secondary N) is 1. The van der Waals surface area contributed by atoms with Gasteiger partial charge < -0.3 is 15.0 Å². The number of anilines is 1. The first-order valence-electron chi connectivity index (χ1n) is 9.18. The normalized spacial score (nSPS) is 16.5. The molecule has 1 atom stereocenters. The van der Waals surface area contributed by atoms with Gasteiger partial charge in [0.1, 0.15) is 0 Å². The van der Waals surface area contributed by atoms with Gasteiger partial charge in [0.25, 0.3) is 0 Å². The van der Waals surface area contributed by atoms with Gasteiger partial charge in [-0.15, -0.1) is 11.8 Å². The van der Waals surface area contributed by atoms with Crippen LogP contribution in [0.4, 0.5) is 10.5 Å². The summed E-state index contributed by atoms with van der Waals surface area (Å²) in [5.41, 5.74) is 1.37. The van der Waals surface area contributed by atoms with Gasteiger partial charge in [-0.2, -0.15) is 0 Å². The lowest BCUT2D eigenvalue weighted by molar-refractivity contribution is 0.170. The van der Waals surface area contributed by atoms with Crippen molar-refractivity contribution in [2.24, 2.45) is 0 Å². The van der Waals surface area contributed by atoms with Crippen LogP contribution in [0.25, 0.3) is 0 Å². The molecule has 1 heterocycles. The third-order valence-electron chi connectivity index (χ3n) is 4.59. The standard InChI is InChI=1S/C19H31N3O2S/c1-4-16(2)25-18-9-6-5-8-17(18)22-14-12-21(13-15-22)11-7-10-20-19(23)24-3/h5-6,8-9,16H,4,7,10-15H2,1-3H3,(H,20,23)/t16-/m1/s1. The molecule has 0 aromatic heterocycles. The molecule has 0 bridgehead atoms. The second kappa shape index (κ2) is 10.6. The van der Waals surface area contributed by atoms with Gasteiger partial charge in [0.05, 0.1) is 12.8 Å². The van der Waals surface area contributed by atoms with Gasteiger partial charge in [0.2, 0.25) is 0 Å². The van der Waals surface area contributed by atoms with Crippen molar-refractivity contribution >= 4 is 23.5 Å². The Balaban J connectivity index is 1.79. The molecule has 1 aromatic carbocycles.